The second-order valence-electron chi connectivity index (χ2n) is 4.47. The van der Waals surface area contributed by atoms with Crippen LogP contribution in [-0.4, -0.2) is 24.5 Å². The molecule has 21 heavy (non-hydrogen) atoms. The van der Waals surface area contributed by atoms with Crippen LogP contribution in [-0.2, 0) is 16.6 Å². The second-order valence-corrected chi connectivity index (χ2v) is 6.23. The minimum absolute atomic E-state index is 0.0285. The van der Waals surface area contributed by atoms with E-state index in [2.05, 4.69) is 9.71 Å². The van der Waals surface area contributed by atoms with Crippen molar-refractivity contribution in [2.75, 3.05) is 0 Å². The summed E-state index contributed by atoms with van der Waals surface area (Å²) in [6.45, 7) is 1.70. The first-order valence-electron chi connectivity index (χ1n) is 6.12. The molecule has 0 amide bonds. The lowest BCUT2D eigenvalue weighted by molar-refractivity contribution is 0.0696. The van der Waals surface area contributed by atoms with Gasteiger partial charge in [-0.15, -0.1) is 0 Å². The Morgan fingerprint density at radius 3 is 2.71 bits per heavy atom. The standard InChI is InChI=1S/C14H14N2O4S/c1-10-4-5-12(7-13(10)14(17)18)21(19,20)16-9-11-3-2-6-15-8-11/h2-8,16H,9H2,1H3,(H,17,18). The highest BCUT2D eigenvalue weighted by molar-refractivity contribution is 7.89. The van der Waals surface area contributed by atoms with Crippen LogP contribution < -0.4 is 4.72 Å². The number of benzene rings is 1. The number of hydrogen-bond acceptors (Lipinski definition) is 4. The van der Waals surface area contributed by atoms with E-state index in [1.165, 1.54) is 12.1 Å². The molecule has 1 aromatic carbocycles. The van der Waals surface area contributed by atoms with Crippen LogP contribution in [0.5, 0.6) is 0 Å². The lowest BCUT2D eigenvalue weighted by Gasteiger charge is -2.08. The van der Waals surface area contributed by atoms with Crippen molar-refractivity contribution in [1.82, 2.24) is 9.71 Å². The highest BCUT2D eigenvalue weighted by Crippen LogP contribution is 2.16. The average Bonchev–Trinajstić information content (AvgIpc) is 2.46. The van der Waals surface area contributed by atoms with Crippen molar-refractivity contribution in [3.8, 4) is 0 Å². The van der Waals surface area contributed by atoms with E-state index in [-0.39, 0.29) is 17.0 Å². The molecule has 1 heterocycles. The van der Waals surface area contributed by atoms with Crippen molar-refractivity contribution in [2.45, 2.75) is 18.4 Å². The highest BCUT2D eigenvalue weighted by Gasteiger charge is 2.17. The third-order valence-corrected chi connectivity index (χ3v) is 4.34. The fraction of sp³-hybridized carbons (Fsp3) is 0.143. The number of carbonyl (C=O) groups is 1. The van der Waals surface area contributed by atoms with E-state index in [9.17, 15) is 13.2 Å². The summed E-state index contributed by atoms with van der Waals surface area (Å²) >= 11 is 0. The van der Waals surface area contributed by atoms with Crippen LogP contribution in [0.3, 0.4) is 0 Å². The van der Waals surface area contributed by atoms with Crippen LogP contribution in [0.4, 0.5) is 0 Å². The van der Waals surface area contributed by atoms with Crippen molar-refractivity contribution < 1.29 is 18.3 Å². The Balaban J connectivity index is 2.24. The summed E-state index contributed by atoms with van der Waals surface area (Å²) in [5.74, 6) is -1.16. The predicted molar refractivity (Wildman–Crippen MR) is 76.4 cm³/mol. The number of aromatic carboxylic acids is 1. The minimum Gasteiger partial charge on any atom is -0.478 e. The van der Waals surface area contributed by atoms with Crippen LogP contribution in [0, 0.1) is 6.92 Å². The zero-order chi connectivity index (χ0) is 15.5. The number of aryl methyl sites for hydroxylation is 1. The maximum atomic E-state index is 12.2. The van der Waals surface area contributed by atoms with E-state index in [0.29, 0.717) is 11.1 Å². The molecule has 0 bridgehead atoms. The smallest absolute Gasteiger partial charge is 0.335 e. The van der Waals surface area contributed by atoms with Gasteiger partial charge in [-0.1, -0.05) is 12.1 Å². The van der Waals surface area contributed by atoms with Crippen molar-refractivity contribution in [3.63, 3.8) is 0 Å². The number of carboxylic acids is 1. The van der Waals surface area contributed by atoms with Gasteiger partial charge in [-0.25, -0.2) is 17.9 Å². The third-order valence-electron chi connectivity index (χ3n) is 2.94. The van der Waals surface area contributed by atoms with Gasteiger partial charge in [-0.3, -0.25) is 4.98 Å². The molecule has 110 valence electrons. The summed E-state index contributed by atoms with van der Waals surface area (Å²) in [7, 11) is -3.77. The molecule has 0 saturated carbocycles. The van der Waals surface area contributed by atoms with Gasteiger partial charge in [0.1, 0.15) is 0 Å². The molecule has 1 aromatic heterocycles. The Labute approximate surface area is 122 Å². The Morgan fingerprint density at radius 1 is 1.33 bits per heavy atom. The van der Waals surface area contributed by atoms with Gasteiger partial charge in [0.05, 0.1) is 10.5 Å². The summed E-state index contributed by atoms with van der Waals surface area (Å²) in [5.41, 5.74) is 1.19. The van der Waals surface area contributed by atoms with Crippen molar-refractivity contribution >= 4 is 16.0 Å². The second kappa shape index (κ2) is 6.02. The first-order chi connectivity index (χ1) is 9.90. The summed E-state index contributed by atoms with van der Waals surface area (Å²) in [5, 5.41) is 9.04. The van der Waals surface area contributed by atoms with Gasteiger partial charge in [0, 0.05) is 18.9 Å². The monoisotopic (exact) mass is 306 g/mol. The number of carboxylic acid groups (broad SMARTS) is 1. The molecule has 0 fully saturated rings. The van der Waals surface area contributed by atoms with Gasteiger partial charge in [-0.05, 0) is 36.2 Å². The van der Waals surface area contributed by atoms with Crippen LogP contribution in [0.15, 0.2) is 47.6 Å². The van der Waals surface area contributed by atoms with Gasteiger partial charge in [0.15, 0.2) is 0 Å². The zero-order valence-electron chi connectivity index (χ0n) is 11.3. The van der Waals surface area contributed by atoms with E-state index in [4.69, 9.17) is 5.11 Å². The molecule has 0 radical (unpaired) electrons. The molecule has 6 nitrogen and oxygen atoms in total. The maximum Gasteiger partial charge on any atom is 0.335 e. The van der Waals surface area contributed by atoms with Gasteiger partial charge < -0.3 is 5.11 Å². The van der Waals surface area contributed by atoms with Gasteiger partial charge in [0.25, 0.3) is 0 Å². The largest absolute Gasteiger partial charge is 0.478 e. The molecule has 0 aliphatic rings. The average molecular weight is 306 g/mol. The lowest BCUT2D eigenvalue weighted by Crippen LogP contribution is -2.23. The summed E-state index contributed by atoms with van der Waals surface area (Å²) in [6, 6.07) is 7.46. The molecule has 0 aliphatic heterocycles. The number of sulfonamides is 1. The number of pyridine rings is 1. The van der Waals surface area contributed by atoms with Crippen LogP contribution >= 0.6 is 0 Å². The fourth-order valence-corrected chi connectivity index (χ4v) is 2.81. The van der Waals surface area contributed by atoms with E-state index in [1.807, 2.05) is 0 Å². The molecule has 0 unspecified atom stereocenters. The Hall–Kier alpha value is -2.25. The van der Waals surface area contributed by atoms with Crippen molar-refractivity contribution in [1.29, 1.82) is 0 Å². The van der Waals surface area contributed by atoms with Gasteiger partial charge >= 0.3 is 5.97 Å². The van der Waals surface area contributed by atoms with Gasteiger partial charge in [0.2, 0.25) is 10.0 Å². The molecule has 0 atom stereocenters. The molecule has 2 aromatic rings. The zero-order valence-corrected chi connectivity index (χ0v) is 12.1. The lowest BCUT2D eigenvalue weighted by atomic mass is 10.1. The van der Waals surface area contributed by atoms with Crippen molar-refractivity contribution in [3.05, 3.63) is 59.4 Å². The molecule has 0 spiro atoms. The quantitative estimate of drug-likeness (QED) is 0.874. The molecule has 2 N–H and O–H groups in total. The van der Waals surface area contributed by atoms with E-state index in [0.717, 1.165) is 6.07 Å². The number of aromatic nitrogens is 1. The normalized spacial score (nSPS) is 11.3. The Kier molecular flexibility index (Phi) is 4.35. The van der Waals surface area contributed by atoms with Crippen LogP contribution in [0.2, 0.25) is 0 Å². The van der Waals surface area contributed by atoms with Crippen LogP contribution in [0.1, 0.15) is 21.5 Å². The number of hydrogen-bond donors (Lipinski definition) is 2. The predicted octanol–water partition coefficient (Wildman–Crippen LogP) is 1.57. The first kappa shape index (κ1) is 15.1. The van der Waals surface area contributed by atoms with Gasteiger partial charge in [-0.2, -0.15) is 0 Å². The Bertz CT molecular complexity index is 758. The molecule has 0 aliphatic carbocycles. The number of rotatable bonds is 5. The highest BCUT2D eigenvalue weighted by atomic mass is 32.2. The summed E-state index contributed by atoms with van der Waals surface area (Å²) in [6.07, 6.45) is 3.15. The first-order valence-corrected chi connectivity index (χ1v) is 7.61. The summed E-state index contributed by atoms with van der Waals surface area (Å²) in [4.78, 5) is 14.9. The molecule has 0 saturated heterocycles. The fourth-order valence-electron chi connectivity index (χ4n) is 1.76. The number of nitrogens with one attached hydrogen (secondary N) is 1. The molecule has 7 heteroatoms. The topological polar surface area (TPSA) is 96.4 Å². The van der Waals surface area contributed by atoms with E-state index < -0.39 is 16.0 Å². The Morgan fingerprint density at radius 2 is 2.10 bits per heavy atom. The molecular weight excluding hydrogens is 292 g/mol. The van der Waals surface area contributed by atoms with Crippen LogP contribution in [0.25, 0.3) is 0 Å². The molecular formula is C14H14N2O4S. The van der Waals surface area contributed by atoms with E-state index in [1.54, 1.807) is 31.5 Å². The maximum absolute atomic E-state index is 12.2. The molecule has 2 rings (SSSR count). The number of nitrogens with zero attached hydrogens (tertiary/aromatic N) is 1. The third kappa shape index (κ3) is 3.65. The van der Waals surface area contributed by atoms with Crippen molar-refractivity contribution in [2.24, 2.45) is 0 Å². The minimum atomic E-state index is -3.77. The summed E-state index contributed by atoms with van der Waals surface area (Å²) < 4.78 is 26.8. The van der Waals surface area contributed by atoms with E-state index >= 15 is 0 Å². The SMILES string of the molecule is Cc1ccc(S(=O)(=O)NCc2cccnc2)cc1C(=O)O.